The monoisotopic (exact) mass is 411 g/mol. The van der Waals surface area contributed by atoms with Crippen molar-refractivity contribution in [1.29, 1.82) is 0 Å². The number of para-hydroxylation sites is 1. The minimum absolute atomic E-state index is 0.0875. The number of aromatic amines is 1. The van der Waals surface area contributed by atoms with Crippen molar-refractivity contribution in [1.82, 2.24) is 20.1 Å². The van der Waals surface area contributed by atoms with Gasteiger partial charge in [0.15, 0.2) is 17.9 Å². The number of aromatic hydroxyl groups is 1. The zero-order chi connectivity index (χ0) is 21.3. The summed E-state index contributed by atoms with van der Waals surface area (Å²) in [6, 6.07) is 6.25. The average molecular weight is 411 g/mol. The topological polar surface area (TPSA) is 126 Å². The first kappa shape index (κ1) is 19.9. The molecule has 3 N–H and O–H groups in total. The van der Waals surface area contributed by atoms with E-state index in [1.54, 1.807) is 11.9 Å². The number of imide groups is 1. The normalized spacial score (nSPS) is 21.5. The van der Waals surface area contributed by atoms with Gasteiger partial charge in [0.25, 0.3) is 5.91 Å². The van der Waals surface area contributed by atoms with E-state index < -0.39 is 18.2 Å². The van der Waals surface area contributed by atoms with Crippen LogP contribution in [0, 0.1) is 0 Å². The number of guanidine groups is 1. The number of nitrogens with zero attached hydrogens (tertiary/aromatic N) is 5. The number of rotatable bonds is 6. The number of carbonyl (C=O) groups is 2. The number of hydrogen-bond acceptors (Lipinski definition) is 7. The summed E-state index contributed by atoms with van der Waals surface area (Å²) in [5, 5.41) is 21.8. The quantitative estimate of drug-likeness (QED) is 0.499. The van der Waals surface area contributed by atoms with Crippen LogP contribution in [0.5, 0.6) is 5.88 Å². The van der Waals surface area contributed by atoms with Gasteiger partial charge in [0.2, 0.25) is 11.8 Å². The molecule has 10 heteroatoms. The van der Waals surface area contributed by atoms with Crippen LogP contribution in [-0.2, 0) is 4.79 Å². The number of carbonyl (C=O) groups excluding carboxylic acids is 2. The predicted octanol–water partition coefficient (Wildman–Crippen LogP) is 3.09. The van der Waals surface area contributed by atoms with Crippen molar-refractivity contribution in [3.05, 3.63) is 24.3 Å². The number of hydrogen-bond donors (Lipinski definition) is 3. The lowest BCUT2D eigenvalue weighted by atomic mass is 10.1. The molecule has 2 aromatic rings. The second-order valence-corrected chi connectivity index (χ2v) is 7.51. The molecule has 0 radical (unpaired) electrons. The average Bonchev–Trinajstić information content (AvgIpc) is 3.25. The Bertz CT molecular complexity index is 1030. The van der Waals surface area contributed by atoms with Crippen molar-refractivity contribution in [2.75, 3.05) is 13.6 Å². The highest BCUT2D eigenvalue weighted by Crippen LogP contribution is 2.35. The molecule has 3 amide bonds. The third-order valence-corrected chi connectivity index (χ3v) is 5.49. The predicted molar refractivity (Wildman–Crippen MR) is 112 cm³/mol. The van der Waals surface area contributed by atoms with E-state index in [0.29, 0.717) is 12.2 Å². The fourth-order valence-electron chi connectivity index (χ4n) is 3.85. The first-order valence-electron chi connectivity index (χ1n) is 10.1. The van der Waals surface area contributed by atoms with E-state index in [2.05, 4.69) is 32.4 Å². The largest absolute Gasteiger partial charge is 0.493 e. The van der Waals surface area contributed by atoms with Crippen LogP contribution in [0.3, 0.4) is 0 Å². The maximum Gasteiger partial charge on any atom is 0.325 e. The van der Waals surface area contributed by atoms with E-state index in [4.69, 9.17) is 0 Å². The Labute approximate surface area is 173 Å². The standard InChI is InChI=1S/C20H25N7O3/c1-3-4-5-8-11-27-15-16(26(2)20(30)23-18(15)29)22-19(27)25-24-14-12-9-6-7-10-13(12)21-17(14)28/h6-7,9-10,15-16,21,28H,3-5,8,11H2,1-2H3,(H,23,29,30). The van der Waals surface area contributed by atoms with Gasteiger partial charge < -0.3 is 19.9 Å². The lowest BCUT2D eigenvalue weighted by Crippen LogP contribution is -2.63. The Morgan fingerprint density at radius 1 is 1.17 bits per heavy atom. The highest BCUT2D eigenvalue weighted by atomic mass is 16.3. The maximum absolute atomic E-state index is 12.5. The highest BCUT2D eigenvalue weighted by molar-refractivity contribution is 6.04. The number of fused-ring (bicyclic) bond motifs is 2. The van der Waals surface area contributed by atoms with Crippen molar-refractivity contribution in [2.45, 2.75) is 44.8 Å². The van der Waals surface area contributed by atoms with Crippen LogP contribution < -0.4 is 5.32 Å². The number of aromatic nitrogens is 1. The van der Waals surface area contributed by atoms with Crippen LogP contribution in [0.15, 0.2) is 39.5 Å². The molecule has 0 bridgehead atoms. The van der Waals surface area contributed by atoms with Crippen molar-refractivity contribution in [3.8, 4) is 5.88 Å². The van der Waals surface area contributed by atoms with Gasteiger partial charge >= 0.3 is 6.03 Å². The van der Waals surface area contributed by atoms with Gasteiger partial charge in [-0.1, -0.05) is 44.4 Å². The van der Waals surface area contributed by atoms with Crippen LogP contribution in [-0.4, -0.2) is 63.6 Å². The molecule has 0 spiro atoms. The third-order valence-electron chi connectivity index (χ3n) is 5.49. The molecule has 30 heavy (non-hydrogen) atoms. The number of aliphatic imine (C=N–C) groups is 1. The summed E-state index contributed by atoms with van der Waals surface area (Å²) in [5.74, 6) is -0.194. The smallest absolute Gasteiger partial charge is 0.325 e. The minimum atomic E-state index is -0.650. The molecule has 158 valence electrons. The molecular formula is C20H25N7O3. The maximum atomic E-state index is 12.5. The summed E-state index contributed by atoms with van der Waals surface area (Å²) in [7, 11) is 1.60. The Morgan fingerprint density at radius 2 is 1.97 bits per heavy atom. The van der Waals surface area contributed by atoms with Gasteiger partial charge in [-0.15, -0.1) is 10.2 Å². The number of azo groups is 1. The molecule has 4 rings (SSSR count). The molecule has 2 aliphatic heterocycles. The number of nitrogens with one attached hydrogen (secondary N) is 2. The van der Waals surface area contributed by atoms with Crippen LogP contribution in [0.25, 0.3) is 10.9 Å². The van der Waals surface area contributed by atoms with Gasteiger partial charge in [-0.05, 0) is 12.5 Å². The molecular weight excluding hydrogens is 386 g/mol. The number of H-pyrrole nitrogens is 1. The highest BCUT2D eigenvalue weighted by Gasteiger charge is 2.48. The van der Waals surface area contributed by atoms with Gasteiger partial charge in [-0.2, -0.15) is 0 Å². The van der Waals surface area contributed by atoms with E-state index in [1.807, 2.05) is 24.3 Å². The van der Waals surface area contributed by atoms with Gasteiger partial charge in [0.1, 0.15) is 0 Å². The fraction of sp³-hybridized carbons (Fsp3) is 0.450. The summed E-state index contributed by atoms with van der Waals surface area (Å²) in [6.07, 6.45) is 3.44. The Hall–Kier alpha value is -3.43. The molecule has 1 fully saturated rings. The molecule has 0 saturated carbocycles. The van der Waals surface area contributed by atoms with E-state index in [0.717, 1.165) is 36.6 Å². The second-order valence-electron chi connectivity index (χ2n) is 7.51. The summed E-state index contributed by atoms with van der Waals surface area (Å²) in [6.45, 7) is 2.71. The van der Waals surface area contributed by atoms with E-state index in [9.17, 15) is 14.7 Å². The van der Waals surface area contributed by atoms with Crippen LogP contribution in [0.1, 0.15) is 32.6 Å². The van der Waals surface area contributed by atoms with Gasteiger partial charge in [0.05, 0.1) is 5.52 Å². The van der Waals surface area contributed by atoms with E-state index >= 15 is 0 Å². The molecule has 3 heterocycles. The van der Waals surface area contributed by atoms with E-state index in [1.165, 1.54) is 4.90 Å². The molecule has 10 nitrogen and oxygen atoms in total. The molecule has 2 atom stereocenters. The first-order chi connectivity index (χ1) is 14.5. The third kappa shape index (κ3) is 3.49. The Balaban J connectivity index is 1.64. The summed E-state index contributed by atoms with van der Waals surface area (Å²) >= 11 is 0. The first-order valence-corrected chi connectivity index (χ1v) is 10.1. The van der Waals surface area contributed by atoms with Crippen molar-refractivity contribution < 1.29 is 14.7 Å². The molecule has 1 aromatic carbocycles. The SMILES string of the molecule is CCCCCCN1C(N=Nc2c(O)[nH]c3ccccc23)=NC2C1C(=O)NC(=O)N2C. The zero-order valence-electron chi connectivity index (χ0n) is 17.0. The molecule has 0 aliphatic carbocycles. The van der Waals surface area contributed by atoms with Crippen LogP contribution in [0.2, 0.25) is 0 Å². The van der Waals surface area contributed by atoms with Gasteiger partial charge in [-0.3, -0.25) is 10.1 Å². The Morgan fingerprint density at radius 3 is 2.77 bits per heavy atom. The summed E-state index contributed by atoms with van der Waals surface area (Å²) in [4.78, 5) is 35.1. The lowest BCUT2D eigenvalue weighted by Gasteiger charge is -2.35. The number of benzene rings is 1. The number of unbranched alkanes of at least 4 members (excludes halogenated alkanes) is 3. The molecule has 1 saturated heterocycles. The Kier molecular flexibility index (Phi) is 5.39. The molecule has 2 aliphatic rings. The van der Waals surface area contributed by atoms with E-state index in [-0.39, 0.29) is 17.7 Å². The fourth-order valence-corrected chi connectivity index (χ4v) is 3.85. The molecule has 1 aromatic heterocycles. The number of amides is 3. The molecule has 2 unspecified atom stereocenters. The van der Waals surface area contributed by atoms with Crippen LogP contribution in [0.4, 0.5) is 10.5 Å². The lowest BCUT2D eigenvalue weighted by molar-refractivity contribution is -0.127. The summed E-state index contributed by atoms with van der Waals surface area (Å²) < 4.78 is 0. The van der Waals surface area contributed by atoms with Crippen molar-refractivity contribution >= 4 is 34.5 Å². The van der Waals surface area contributed by atoms with Crippen molar-refractivity contribution in [3.63, 3.8) is 0 Å². The van der Waals surface area contributed by atoms with Gasteiger partial charge in [0, 0.05) is 19.0 Å². The number of urea groups is 1. The minimum Gasteiger partial charge on any atom is -0.493 e. The van der Waals surface area contributed by atoms with Crippen LogP contribution >= 0.6 is 0 Å². The zero-order valence-corrected chi connectivity index (χ0v) is 17.0. The number of likely N-dealkylation sites (N-methyl/N-ethyl adjacent to an activating group) is 1. The van der Waals surface area contributed by atoms with Crippen molar-refractivity contribution in [2.24, 2.45) is 15.2 Å². The van der Waals surface area contributed by atoms with Gasteiger partial charge in [-0.25, -0.2) is 9.79 Å². The summed E-state index contributed by atoms with van der Waals surface area (Å²) in [5.41, 5.74) is 1.05. The second kappa shape index (κ2) is 8.13.